The minimum atomic E-state index is -0.322. The molecule has 0 N–H and O–H groups in total. The van der Waals surface area contributed by atoms with Crippen molar-refractivity contribution in [1.82, 2.24) is 0 Å². The van der Waals surface area contributed by atoms with E-state index in [9.17, 15) is 14.0 Å². The van der Waals surface area contributed by atoms with Gasteiger partial charge in [0.15, 0.2) is 5.78 Å². The molecule has 1 saturated heterocycles. The smallest absolute Gasteiger partial charge is 0.187 e. The van der Waals surface area contributed by atoms with Crippen LogP contribution in [0.4, 0.5) is 4.39 Å². The van der Waals surface area contributed by atoms with Crippen LogP contribution in [0.2, 0.25) is 0 Å². The highest BCUT2D eigenvalue weighted by Crippen LogP contribution is 2.67. The molecule has 4 heteroatoms. The van der Waals surface area contributed by atoms with Gasteiger partial charge in [0.25, 0.3) is 0 Å². The van der Waals surface area contributed by atoms with Crippen LogP contribution in [-0.4, -0.2) is 23.8 Å². The molecule has 0 radical (unpaired) electrons. The highest BCUT2D eigenvalue weighted by Gasteiger charge is 2.68. The van der Waals surface area contributed by atoms with Gasteiger partial charge in [0.1, 0.15) is 18.0 Å². The second kappa shape index (κ2) is 4.46. The summed E-state index contributed by atoms with van der Waals surface area (Å²) < 4.78 is 19.5. The fourth-order valence-corrected chi connectivity index (χ4v) is 6.72. The van der Waals surface area contributed by atoms with E-state index in [1.54, 1.807) is 6.08 Å². The third kappa shape index (κ3) is 1.56. The highest BCUT2D eigenvalue weighted by molar-refractivity contribution is 5.99. The summed E-state index contributed by atoms with van der Waals surface area (Å²) in [5.74, 6) is 1.41. The topological polar surface area (TPSA) is 46.7 Å². The van der Waals surface area contributed by atoms with E-state index in [0.717, 1.165) is 24.8 Å². The number of epoxide rings is 1. The molecule has 1 heterocycles. The zero-order valence-electron chi connectivity index (χ0n) is 14.2. The van der Waals surface area contributed by atoms with Gasteiger partial charge in [0.2, 0.25) is 0 Å². The van der Waals surface area contributed by atoms with Gasteiger partial charge < -0.3 is 4.74 Å². The number of allylic oxidation sites excluding steroid dienone is 1. The Labute approximate surface area is 141 Å². The average Bonchev–Trinajstić information content (AvgIpc) is 3.31. The van der Waals surface area contributed by atoms with Crippen LogP contribution in [0, 0.1) is 28.6 Å². The van der Waals surface area contributed by atoms with Gasteiger partial charge in [-0.25, -0.2) is 4.39 Å². The van der Waals surface area contributed by atoms with Gasteiger partial charge in [0.05, 0.1) is 6.33 Å². The summed E-state index contributed by atoms with van der Waals surface area (Å²) >= 11 is 0. The minimum Gasteiger partial charge on any atom is -0.360 e. The molecular formula is C20H23FO3. The zero-order valence-corrected chi connectivity index (χ0v) is 14.2. The van der Waals surface area contributed by atoms with Crippen molar-refractivity contribution in [3.8, 4) is 0 Å². The Kier molecular flexibility index (Phi) is 2.79. The maximum absolute atomic E-state index is 13.7. The van der Waals surface area contributed by atoms with E-state index in [-0.39, 0.29) is 28.8 Å². The largest absolute Gasteiger partial charge is 0.360 e. The maximum Gasteiger partial charge on any atom is 0.187 e. The Morgan fingerprint density at radius 1 is 1.25 bits per heavy atom. The summed E-state index contributed by atoms with van der Waals surface area (Å²) in [7, 11) is 0. The van der Waals surface area contributed by atoms with Crippen LogP contribution in [0.3, 0.4) is 0 Å². The highest BCUT2D eigenvalue weighted by atomic mass is 19.1. The third-order valence-corrected chi connectivity index (χ3v) is 8.08. The number of carbonyl (C=O) groups is 2. The summed E-state index contributed by atoms with van der Waals surface area (Å²) in [4.78, 5) is 24.6. The van der Waals surface area contributed by atoms with Crippen molar-refractivity contribution in [2.75, 3.05) is 0 Å². The van der Waals surface area contributed by atoms with Crippen molar-refractivity contribution in [1.29, 1.82) is 0 Å². The summed E-state index contributed by atoms with van der Waals surface area (Å²) in [6.07, 6.45) is 6.05. The van der Waals surface area contributed by atoms with Crippen LogP contribution in [0.15, 0.2) is 23.6 Å². The normalized spacial score (nSPS) is 53.9. The first-order chi connectivity index (χ1) is 11.4. The first-order valence-electron chi connectivity index (χ1n) is 9.15. The van der Waals surface area contributed by atoms with Crippen LogP contribution >= 0.6 is 0 Å². The Hall–Kier alpha value is -1.29. The molecule has 4 fully saturated rings. The van der Waals surface area contributed by atoms with Gasteiger partial charge in [-0.15, -0.1) is 0 Å². The molecule has 3 nitrogen and oxygen atoms in total. The minimum absolute atomic E-state index is 0.0121. The number of rotatable bonds is 0. The molecule has 5 rings (SSSR count). The van der Waals surface area contributed by atoms with Crippen molar-refractivity contribution in [3.05, 3.63) is 23.6 Å². The Bertz CT molecular complexity index is 722. The predicted octanol–water partition coefficient (Wildman–Crippen LogP) is 3.54. The van der Waals surface area contributed by atoms with E-state index in [4.69, 9.17) is 4.74 Å². The number of Topliss-reactive ketones (excluding diaryl/α,β-unsaturated/α-hetero) is 1. The Balaban J connectivity index is 1.62. The second-order valence-electron chi connectivity index (χ2n) is 8.85. The molecule has 0 spiro atoms. The lowest BCUT2D eigenvalue weighted by atomic mass is 9.46. The third-order valence-electron chi connectivity index (χ3n) is 8.08. The van der Waals surface area contributed by atoms with E-state index < -0.39 is 0 Å². The number of carbonyl (C=O) groups excluding carboxylic acids is 2. The standard InChI is InChI=1S/C20H23FO3/c1-19-6-5-13-11(12(19)3-4-16(19)23)7-10(9-21)14-8-15(22)17-18(24-17)20(13,14)2/h8-9,11-13,17-18H,3-7H2,1-2H3/t11-,12-,13-,17-,18?,19-,20+/m0/s1. The molecule has 24 heavy (non-hydrogen) atoms. The number of halogens is 1. The summed E-state index contributed by atoms with van der Waals surface area (Å²) in [5, 5.41) is 0. The Morgan fingerprint density at radius 2 is 2.04 bits per heavy atom. The van der Waals surface area contributed by atoms with Crippen LogP contribution < -0.4 is 0 Å². The van der Waals surface area contributed by atoms with Gasteiger partial charge in [-0.3, -0.25) is 9.59 Å². The van der Waals surface area contributed by atoms with Crippen molar-refractivity contribution in [2.45, 2.75) is 58.2 Å². The van der Waals surface area contributed by atoms with Gasteiger partial charge in [0, 0.05) is 17.3 Å². The summed E-state index contributed by atoms with van der Waals surface area (Å²) in [5.41, 5.74) is 1.01. The molecule has 3 saturated carbocycles. The SMILES string of the molecule is C[C@]12CC[C@H]3[C@@H](CC(=CF)C4=CC(=O)[C@@H]5OC5[C@@]43C)[C@@H]1CCC2=O. The van der Waals surface area contributed by atoms with Gasteiger partial charge in [-0.1, -0.05) is 13.8 Å². The van der Waals surface area contributed by atoms with Crippen molar-refractivity contribution in [2.24, 2.45) is 28.6 Å². The number of ketones is 2. The fourth-order valence-electron chi connectivity index (χ4n) is 6.72. The monoisotopic (exact) mass is 330 g/mol. The van der Waals surface area contributed by atoms with Crippen molar-refractivity contribution < 1.29 is 18.7 Å². The van der Waals surface area contributed by atoms with Crippen LogP contribution in [-0.2, 0) is 14.3 Å². The first kappa shape index (κ1) is 15.0. The number of hydrogen-bond donors (Lipinski definition) is 0. The number of fused-ring (bicyclic) bond motifs is 7. The van der Waals surface area contributed by atoms with Crippen molar-refractivity contribution >= 4 is 11.6 Å². The maximum atomic E-state index is 13.7. The molecule has 0 amide bonds. The Morgan fingerprint density at radius 3 is 2.79 bits per heavy atom. The molecule has 1 unspecified atom stereocenters. The second-order valence-corrected chi connectivity index (χ2v) is 8.85. The average molecular weight is 330 g/mol. The lowest BCUT2D eigenvalue weighted by molar-refractivity contribution is -0.131. The molecular weight excluding hydrogens is 307 g/mol. The van der Waals surface area contributed by atoms with E-state index in [0.29, 0.717) is 48.3 Å². The fraction of sp³-hybridized carbons (Fsp3) is 0.700. The summed E-state index contributed by atoms with van der Waals surface area (Å²) in [6, 6.07) is 0. The molecule has 0 aromatic rings. The van der Waals surface area contributed by atoms with E-state index in [1.807, 2.05) is 0 Å². The summed E-state index contributed by atoms with van der Waals surface area (Å²) in [6.45, 7) is 4.28. The van der Waals surface area contributed by atoms with Gasteiger partial charge in [-0.2, -0.15) is 0 Å². The molecule has 7 atom stereocenters. The molecule has 0 aromatic heterocycles. The predicted molar refractivity (Wildman–Crippen MR) is 85.7 cm³/mol. The lowest BCUT2D eigenvalue weighted by Crippen LogP contribution is -2.53. The zero-order chi connectivity index (χ0) is 16.9. The quantitative estimate of drug-likeness (QED) is 0.638. The van der Waals surface area contributed by atoms with Crippen LogP contribution in [0.5, 0.6) is 0 Å². The molecule has 5 aliphatic rings. The first-order valence-corrected chi connectivity index (χ1v) is 9.15. The van der Waals surface area contributed by atoms with E-state index in [2.05, 4.69) is 13.8 Å². The molecule has 0 aromatic carbocycles. The molecule has 128 valence electrons. The van der Waals surface area contributed by atoms with Gasteiger partial charge in [-0.05, 0) is 60.7 Å². The van der Waals surface area contributed by atoms with Crippen LogP contribution in [0.1, 0.15) is 46.0 Å². The van der Waals surface area contributed by atoms with E-state index >= 15 is 0 Å². The molecule has 4 aliphatic carbocycles. The van der Waals surface area contributed by atoms with E-state index in [1.165, 1.54) is 0 Å². The number of hydrogen-bond acceptors (Lipinski definition) is 3. The lowest BCUT2D eigenvalue weighted by Gasteiger charge is -2.56. The van der Waals surface area contributed by atoms with Crippen molar-refractivity contribution in [3.63, 3.8) is 0 Å². The van der Waals surface area contributed by atoms with Gasteiger partial charge >= 0.3 is 0 Å². The molecule has 1 aliphatic heterocycles. The number of ether oxygens (including phenoxy) is 1. The molecule has 0 bridgehead atoms. The van der Waals surface area contributed by atoms with Crippen LogP contribution in [0.25, 0.3) is 0 Å².